The van der Waals surface area contributed by atoms with Crippen LogP contribution in [0, 0.1) is 0 Å². The van der Waals surface area contributed by atoms with Gasteiger partial charge in [0.2, 0.25) is 0 Å². The van der Waals surface area contributed by atoms with Crippen LogP contribution in [0.5, 0.6) is 0 Å². The van der Waals surface area contributed by atoms with Crippen LogP contribution in [0.2, 0.25) is 0 Å². The molecule has 10 heteroatoms. The fourth-order valence-electron chi connectivity index (χ4n) is 1.11. The van der Waals surface area contributed by atoms with Crippen LogP contribution in [0.15, 0.2) is 0 Å². The van der Waals surface area contributed by atoms with Gasteiger partial charge in [-0.25, -0.2) is 9.59 Å². The van der Waals surface area contributed by atoms with E-state index in [-0.39, 0.29) is 13.0 Å². The molecule has 1 aromatic heterocycles. The molecule has 0 radical (unpaired) electrons. The maximum Gasteiger partial charge on any atom is 0.332 e. The number of carboxylic acids is 1. The van der Waals surface area contributed by atoms with Crippen LogP contribution in [0.3, 0.4) is 0 Å². The highest BCUT2D eigenvalue weighted by atomic mass is 16.4. The number of nitrogens with zero attached hydrogens (tertiary/aromatic N) is 3. The number of hydrogen-bond donors (Lipinski definition) is 5. The molecule has 5 N–H and O–H groups in total. The highest BCUT2D eigenvalue weighted by molar-refractivity contribution is 5.74. The molecule has 0 aliphatic rings. The fraction of sp³-hybridized carbons (Fsp3) is 0.625. The number of aliphatic hydroxyl groups is 1. The molecule has 0 aromatic carbocycles. The molecule has 100 valence electrons. The average molecular weight is 258 g/mol. The molecule has 0 bridgehead atoms. The summed E-state index contributed by atoms with van der Waals surface area (Å²) in [6.45, 7) is 1.70. The Morgan fingerprint density at radius 1 is 1.50 bits per heavy atom. The highest BCUT2D eigenvalue weighted by Crippen LogP contribution is 2.02. The number of rotatable bonds is 6. The maximum atomic E-state index is 11.4. The zero-order chi connectivity index (χ0) is 13.5. The van der Waals surface area contributed by atoms with Gasteiger partial charge < -0.3 is 20.8 Å². The van der Waals surface area contributed by atoms with Crippen molar-refractivity contribution in [1.29, 1.82) is 0 Å². The minimum Gasteiger partial charge on any atom is -0.479 e. The van der Waals surface area contributed by atoms with E-state index in [9.17, 15) is 9.59 Å². The van der Waals surface area contributed by atoms with Crippen molar-refractivity contribution >= 4 is 12.0 Å². The van der Waals surface area contributed by atoms with E-state index < -0.39 is 24.1 Å². The van der Waals surface area contributed by atoms with E-state index in [2.05, 4.69) is 31.3 Å². The summed E-state index contributed by atoms with van der Waals surface area (Å²) >= 11 is 0. The topological polar surface area (TPSA) is 153 Å². The lowest BCUT2D eigenvalue weighted by molar-refractivity contribution is -0.146. The SMILES string of the molecule is CC(NC(=O)NCC[C@H](O)C(=O)O)c1nn[nH]n1. The lowest BCUT2D eigenvalue weighted by atomic mass is 10.2. The Kier molecular flexibility index (Phi) is 4.99. The quantitative estimate of drug-likeness (QED) is 0.411. The molecule has 0 aliphatic carbocycles. The number of carbonyl (C=O) groups is 2. The molecule has 0 saturated heterocycles. The van der Waals surface area contributed by atoms with E-state index >= 15 is 0 Å². The maximum absolute atomic E-state index is 11.4. The van der Waals surface area contributed by atoms with Crippen LogP contribution in [0.25, 0.3) is 0 Å². The van der Waals surface area contributed by atoms with E-state index in [1.54, 1.807) is 6.92 Å². The Morgan fingerprint density at radius 2 is 2.22 bits per heavy atom. The van der Waals surface area contributed by atoms with E-state index in [1.807, 2.05) is 0 Å². The van der Waals surface area contributed by atoms with Crippen molar-refractivity contribution in [3.63, 3.8) is 0 Å². The zero-order valence-electron chi connectivity index (χ0n) is 9.62. The lowest BCUT2D eigenvalue weighted by Crippen LogP contribution is -2.39. The largest absolute Gasteiger partial charge is 0.479 e. The normalized spacial score (nSPS) is 13.7. The van der Waals surface area contributed by atoms with Gasteiger partial charge in [0.25, 0.3) is 0 Å². The molecule has 1 rings (SSSR count). The summed E-state index contributed by atoms with van der Waals surface area (Å²) in [5.41, 5.74) is 0. The predicted octanol–water partition coefficient (Wildman–Crippen LogP) is -1.60. The lowest BCUT2D eigenvalue weighted by Gasteiger charge is -2.11. The first-order valence-electron chi connectivity index (χ1n) is 5.19. The Labute approximate surface area is 102 Å². The number of hydrogen-bond acceptors (Lipinski definition) is 6. The molecule has 18 heavy (non-hydrogen) atoms. The second-order valence-corrected chi connectivity index (χ2v) is 3.53. The van der Waals surface area contributed by atoms with Crippen molar-refractivity contribution in [3.05, 3.63) is 5.82 Å². The molecule has 0 saturated carbocycles. The van der Waals surface area contributed by atoms with E-state index in [0.717, 1.165) is 0 Å². The number of aromatic amines is 1. The Hall–Kier alpha value is -2.23. The molecular formula is C8H14N6O4. The summed E-state index contributed by atoms with van der Waals surface area (Å²) in [5.74, 6) is -0.993. The average Bonchev–Trinajstić information content (AvgIpc) is 2.81. The number of aliphatic carboxylic acids is 1. The number of nitrogens with one attached hydrogen (secondary N) is 3. The summed E-state index contributed by atoms with van der Waals surface area (Å²) in [5, 5.41) is 35.3. The standard InChI is InChI=1S/C8H14N6O4/c1-4(6-11-13-14-12-6)10-8(18)9-3-2-5(15)7(16)17/h4-5,15H,2-3H2,1H3,(H,16,17)(H2,9,10,18)(H,11,12,13,14)/t4?,5-/m0/s1. The molecular weight excluding hydrogens is 244 g/mol. The third kappa shape index (κ3) is 4.33. The van der Waals surface area contributed by atoms with Gasteiger partial charge in [-0.1, -0.05) is 5.21 Å². The van der Waals surface area contributed by atoms with Crippen LogP contribution >= 0.6 is 0 Å². The third-order valence-electron chi connectivity index (χ3n) is 2.09. The number of carboxylic acid groups (broad SMARTS) is 1. The molecule has 0 spiro atoms. The van der Waals surface area contributed by atoms with E-state index in [4.69, 9.17) is 10.2 Å². The summed E-state index contributed by atoms with van der Waals surface area (Å²) in [6.07, 6.45) is -1.56. The summed E-state index contributed by atoms with van der Waals surface area (Å²) in [4.78, 5) is 21.7. The molecule has 0 fully saturated rings. The van der Waals surface area contributed by atoms with Crippen LogP contribution in [0.4, 0.5) is 4.79 Å². The van der Waals surface area contributed by atoms with Crippen molar-refractivity contribution in [1.82, 2.24) is 31.3 Å². The molecule has 1 aromatic rings. The number of urea groups is 1. The van der Waals surface area contributed by atoms with Crippen LogP contribution in [-0.4, -0.2) is 55.5 Å². The van der Waals surface area contributed by atoms with Gasteiger partial charge in [0.05, 0.1) is 6.04 Å². The molecule has 10 nitrogen and oxygen atoms in total. The molecule has 1 heterocycles. The van der Waals surface area contributed by atoms with E-state index in [0.29, 0.717) is 5.82 Å². The first kappa shape index (κ1) is 13.8. The smallest absolute Gasteiger partial charge is 0.332 e. The highest BCUT2D eigenvalue weighted by Gasteiger charge is 2.15. The van der Waals surface area contributed by atoms with Gasteiger partial charge >= 0.3 is 12.0 Å². The summed E-state index contributed by atoms with van der Waals surface area (Å²) in [7, 11) is 0. The number of aromatic nitrogens is 4. The molecule has 0 aliphatic heterocycles. The first-order valence-corrected chi connectivity index (χ1v) is 5.19. The monoisotopic (exact) mass is 258 g/mol. The van der Waals surface area contributed by atoms with Crippen molar-refractivity contribution in [2.45, 2.75) is 25.5 Å². The molecule has 1 unspecified atom stereocenters. The van der Waals surface area contributed by atoms with Gasteiger partial charge in [-0.3, -0.25) is 0 Å². The van der Waals surface area contributed by atoms with Crippen LogP contribution in [-0.2, 0) is 4.79 Å². The minimum atomic E-state index is -1.49. The second-order valence-electron chi connectivity index (χ2n) is 3.53. The molecule has 2 amide bonds. The van der Waals surface area contributed by atoms with Crippen molar-refractivity contribution in [3.8, 4) is 0 Å². The Balaban J connectivity index is 2.24. The first-order chi connectivity index (χ1) is 8.50. The fourth-order valence-corrected chi connectivity index (χ4v) is 1.11. The predicted molar refractivity (Wildman–Crippen MR) is 57.4 cm³/mol. The number of aliphatic hydroxyl groups excluding tert-OH is 1. The third-order valence-corrected chi connectivity index (χ3v) is 2.09. The van der Waals surface area contributed by atoms with Gasteiger partial charge in [-0.15, -0.1) is 10.2 Å². The molecule has 2 atom stereocenters. The number of amides is 2. The number of H-pyrrole nitrogens is 1. The van der Waals surface area contributed by atoms with Gasteiger partial charge in [-0.2, -0.15) is 5.21 Å². The van der Waals surface area contributed by atoms with Crippen molar-refractivity contribution < 1.29 is 19.8 Å². The Morgan fingerprint density at radius 3 is 2.78 bits per heavy atom. The zero-order valence-corrected chi connectivity index (χ0v) is 9.62. The summed E-state index contributed by atoms with van der Waals surface area (Å²) in [6, 6.07) is -0.946. The second kappa shape index (κ2) is 6.49. The van der Waals surface area contributed by atoms with Gasteiger partial charge in [0.1, 0.15) is 0 Å². The number of tetrazole rings is 1. The van der Waals surface area contributed by atoms with E-state index in [1.165, 1.54) is 0 Å². The van der Waals surface area contributed by atoms with Gasteiger partial charge in [-0.05, 0) is 6.92 Å². The van der Waals surface area contributed by atoms with Crippen LogP contribution in [0.1, 0.15) is 25.2 Å². The number of carbonyl (C=O) groups excluding carboxylic acids is 1. The Bertz CT molecular complexity index is 394. The van der Waals surface area contributed by atoms with Gasteiger partial charge in [0, 0.05) is 13.0 Å². The van der Waals surface area contributed by atoms with Crippen LogP contribution < -0.4 is 10.6 Å². The summed E-state index contributed by atoms with van der Waals surface area (Å²) < 4.78 is 0. The van der Waals surface area contributed by atoms with Crippen molar-refractivity contribution in [2.75, 3.05) is 6.54 Å². The van der Waals surface area contributed by atoms with Crippen molar-refractivity contribution in [2.24, 2.45) is 0 Å². The minimum absolute atomic E-state index is 0.0399. The van der Waals surface area contributed by atoms with Gasteiger partial charge in [0.15, 0.2) is 11.9 Å².